The number of benzene rings is 2. The van der Waals surface area contributed by atoms with Crippen LogP contribution in [0.25, 0.3) is 0 Å². The summed E-state index contributed by atoms with van der Waals surface area (Å²) in [6.45, 7) is 10.2. The Balaban J connectivity index is 2.25. The largest absolute Gasteiger partial charge is 0.378 e. The monoisotopic (exact) mass is 271 g/mol. The molecule has 2 heteroatoms. The van der Waals surface area contributed by atoms with E-state index in [1.165, 1.54) is 22.3 Å². The fraction of sp³-hybridized carbons (Fsp3) is 0.333. The van der Waals surface area contributed by atoms with E-state index < -0.39 is 0 Å². The van der Waals surface area contributed by atoms with E-state index in [4.69, 9.17) is 0 Å². The Bertz CT molecular complexity index is 632. The van der Waals surface area contributed by atoms with E-state index in [1.54, 1.807) is 19.1 Å². The van der Waals surface area contributed by atoms with E-state index in [9.17, 15) is 4.39 Å². The van der Waals surface area contributed by atoms with Gasteiger partial charge in [0.25, 0.3) is 0 Å². The molecule has 0 spiro atoms. The van der Waals surface area contributed by atoms with Crippen LogP contribution in [-0.4, -0.2) is 0 Å². The van der Waals surface area contributed by atoms with Crippen molar-refractivity contribution >= 4 is 5.69 Å². The summed E-state index contributed by atoms with van der Waals surface area (Å²) in [4.78, 5) is 0. The van der Waals surface area contributed by atoms with Crippen LogP contribution in [0.4, 0.5) is 10.1 Å². The Labute approximate surface area is 120 Å². The van der Waals surface area contributed by atoms with E-state index in [0.29, 0.717) is 5.56 Å². The highest BCUT2D eigenvalue weighted by Crippen LogP contribution is 2.25. The number of halogens is 1. The summed E-state index contributed by atoms with van der Waals surface area (Å²) >= 11 is 0. The zero-order valence-corrected chi connectivity index (χ0v) is 12.8. The fourth-order valence-electron chi connectivity index (χ4n) is 2.46. The molecule has 2 rings (SSSR count). The minimum absolute atomic E-state index is 0.149. The molecule has 1 N–H and O–H groups in total. The lowest BCUT2D eigenvalue weighted by Crippen LogP contribution is -2.09. The molecular formula is C18H22FN. The van der Waals surface area contributed by atoms with Gasteiger partial charge in [0.15, 0.2) is 0 Å². The normalized spacial score (nSPS) is 12.3. The van der Waals surface area contributed by atoms with Crippen molar-refractivity contribution in [3.05, 3.63) is 64.0 Å². The predicted molar refractivity (Wildman–Crippen MR) is 83.8 cm³/mol. The zero-order chi connectivity index (χ0) is 14.9. The van der Waals surface area contributed by atoms with Gasteiger partial charge in [-0.3, -0.25) is 0 Å². The second-order valence-electron chi connectivity index (χ2n) is 5.62. The van der Waals surface area contributed by atoms with Gasteiger partial charge in [-0.05, 0) is 74.6 Å². The molecule has 20 heavy (non-hydrogen) atoms. The van der Waals surface area contributed by atoms with Crippen molar-refractivity contribution in [3.8, 4) is 0 Å². The standard InChI is InChI=1S/C18H22FN/c1-11-6-7-16(10-18(11)19)20-15(5)17-9-13(3)12(2)8-14(17)4/h6-10,15,20H,1-5H3. The van der Waals surface area contributed by atoms with Crippen LogP contribution in [0.5, 0.6) is 0 Å². The maximum absolute atomic E-state index is 13.6. The molecule has 0 saturated heterocycles. The van der Waals surface area contributed by atoms with Crippen LogP contribution in [-0.2, 0) is 0 Å². The molecule has 1 unspecified atom stereocenters. The van der Waals surface area contributed by atoms with Crippen molar-refractivity contribution in [1.82, 2.24) is 0 Å². The number of anilines is 1. The lowest BCUT2D eigenvalue weighted by atomic mass is 9.96. The lowest BCUT2D eigenvalue weighted by molar-refractivity contribution is 0.618. The maximum Gasteiger partial charge on any atom is 0.128 e. The predicted octanol–water partition coefficient (Wildman–Crippen LogP) is 5.23. The van der Waals surface area contributed by atoms with E-state index >= 15 is 0 Å². The van der Waals surface area contributed by atoms with Crippen molar-refractivity contribution in [2.24, 2.45) is 0 Å². The highest BCUT2D eigenvalue weighted by molar-refractivity contribution is 5.49. The summed E-state index contributed by atoms with van der Waals surface area (Å²) in [6, 6.07) is 9.85. The second kappa shape index (κ2) is 5.66. The van der Waals surface area contributed by atoms with Gasteiger partial charge in [-0.25, -0.2) is 4.39 Å². The molecule has 106 valence electrons. The summed E-state index contributed by atoms with van der Waals surface area (Å²) in [5, 5.41) is 3.37. The van der Waals surface area contributed by atoms with Crippen molar-refractivity contribution in [3.63, 3.8) is 0 Å². The molecule has 1 nitrogen and oxygen atoms in total. The van der Waals surface area contributed by atoms with Gasteiger partial charge in [0, 0.05) is 11.7 Å². The summed E-state index contributed by atoms with van der Waals surface area (Å²) in [5.74, 6) is -0.168. The highest BCUT2D eigenvalue weighted by atomic mass is 19.1. The van der Waals surface area contributed by atoms with Crippen LogP contribution in [0.15, 0.2) is 30.3 Å². The van der Waals surface area contributed by atoms with Gasteiger partial charge < -0.3 is 5.32 Å². The smallest absolute Gasteiger partial charge is 0.128 e. The molecule has 1 atom stereocenters. The molecule has 0 aliphatic rings. The minimum atomic E-state index is -0.168. The Morgan fingerprint density at radius 3 is 2.15 bits per heavy atom. The van der Waals surface area contributed by atoms with Crippen LogP contribution < -0.4 is 5.32 Å². The minimum Gasteiger partial charge on any atom is -0.378 e. The molecule has 0 aromatic heterocycles. The Morgan fingerprint density at radius 2 is 1.50 bits per heavy atom. The first-order valence-corrected chi connectivity index (χ1v) is 6.99. The van der Waals surface area contributed by atoms with Gasteiger partial charge >= 0.3 is 0 Å². The first kappa shape index (κ1) is 14.6. The Hall–Kier alpha value is -1.83. The van der Waals surface area contributed by atoms with Gasteiger partial charge in [0.05, 0.1) is 0 Å². The van der Waals surface area contributed by atoms with Crippen LogP contribution in [0.1, 0.15) is 40.8 Å². The molecule has 0 radical (unpaired) electrons. The number of aryl methyl sites for hydroxylation is 4. The SMILES string of the molecule is Cc1cc(C)c(C(C)Nc2ccc(C)c(F)c2)cc1C. The topological polar surface area (TPSA) is 12.0 Å². The van der Waals surface area contributed by atoms with Crippen LogP contribution >= 0.6 is 0 Å². The third-order valence-corrected chi connectivity index (χ3v) is 3.90. The van der Waals surface area contributed by atoms with Crippen molar-refractivity contribution in [1.29, 1.82) is 0 Å². The van der Waals surface area contributed by atoms with Crippen molar-refractivity contribution in [2.75, 3.05) is 5.32 Å². The molecule has 0 saturated carbocycles. The van der Waals surface area contributed by atoms with Gasteiger partial charge in [0.1, 0.15) is 5.82 Å². The molecule has 0 aliphatic heterocycles. The summed E-state index contributed by atoms with van der Waals surface area (Å²) in [7, 11) is 0. The Morgan fingerprint density at radius 1 is 0.850 bits per heavy atom. The molecule has 0 heterocycles. The maximum atomic E-state index is 13.6. The van der Waals surface area contributed by atoms with Gasteiger partial charge in [-0.15, -0.1) is 0 Å². The van der Waals surface area contributed by atoms with E-state index in [-0.39, 0.29) is 11.9 Å². The number of hydrogen-bond donors (Lipinski definition) is 1. The van der Waals surface area contributed by atoms with Crippen molar-refractivity contribution < 1.29 is 4.39 Å². The molecule has 2 aromatic carbocycles. The number of nitrogens with one attached hydrogen (secondary N) is 1. The molecule has 0 fully saturated rings. The average Bonchev–Trinajstić information content (AvgIpc) is 2.38. The van der Waals surface area contributed by atoms with E-state index in [0.717, 1.165) is 5.69 Å². The molecule has 0 bridgehead atoms. The quantitative estimate of drug-likeness (QED) is 0.805. The molecule has 2 aromatic rings. The Kier molecular flexibility index (Phi) is 4.12. The molecular weight excluding hydrogens is 249 g/mol. The molecule has 0 amide bonds. The molecule has 0 aliphatic carbocycles. The van der Waals surface area contributed by atoms with E-state index in [2.05, 4.69) is 45.1 Å². The lowest BCUT2D eigenvalue weighted by Gasteiger charge is -2.19. The number of hydrogen-bond acceptors (Lipinski definition) is 1. The average molecular weight is 271 g/mol. The highest BCUT2D eigenvalue weighted by Gasteiger charge is 2.10. The summed E-state index contributed by atoms with van der Waals surface area (Å²) < 4.78 is 13.6. The van der Waals surface area contributed by atoms with Gasteiger partial charge in [0.2, 0.25) is 0 Å². The number of rotatable bonds is 3. The third-order valence-electron chi connectivity index (χ3n) is 3.90. The van der Waals surface area contributed by atoms with Crippen LogP contribution in [0.2, 0.25) is 0 Å². The van der Waals surface area contributed by atoms with Gasteiger partial charge in [-0.2, -0.15) is 0 Å². The third kappa shape index (κ3) is 3.01. The first-order chi connectivity index (χ1) is 9.38. The van der Waals surface area contributed by atoms with Crippen LogP contribution in [0.3, 0.4) is 0 Å². The van der Waals surface area contributed by atoms with Crippen LogP contribution in [0, 0.1) is 33.5 Å². The van der Waals surface area contributed by atoms with Gasteiger partial charge in [-0.1, -0.05) is 18.2 Å². The zero-order valence-electron chi connectivity index (χ0n) is 12.8. The summed E-state index contributed by atoms with van der Waals surface area (Å²) in [5.41, 5.74) is 6.60. The van der Waals surface area contributed by atoms with Crippen molar-refractivity contribution in [2.45, 2.75) is 40.7 Å². The second-order valence-corrected chi connectivity index (χ2v) is 5.62. The van der Waals surface area contributed by atoms with E-state index in [1.807, 2.05) is 6.07 Å². The fourth-order valence-corrected chi connectivity index (χ4v) is 2.46. The summed E-state index contributed by atoms with van der Waals surface area (Å²) in [6.07, 6.45) is 0. The first-order valence-electron chi connectivity index (χ1n) is 6.99.